The van der Waals surface area contributed by atoms with Gasteiger partial charge in [-0.2, -0.15) is 0 Å². The predicted octanol–water partition coefficient (Wildman–Crippen LogP) is 3.80. The molecule has 0 heterocycles. The summed E-state index contributed by atoms with van der Waals surface area (Å²) in [5.74, 6) is -0.108. The average Bonchev–Trinajstić information content (AvgIpc) is 2.60. The first-order valence-electron chi connectivity index (χ1n) is 9.13. The van der Waals surface area contributed by atoms with Crippen LogP contribution in [-0.2, 0) is 6.42 Å². The Labute approximate surface area is 173 Å². The highest BCUT2D eigenvalue weighted by atomic mass is 127. The summed E-state index contributed by atoms with van der Waals surface area (Å²) in [6.45, 7) is 10.2. The Morgan fingerprint density at radius 1 is 1.23 bits per heavy atom. The van der Waals surface area contributed by atoms with Gasteiger partial charge in [-0.15, -0.1) is 24.0 Å². The number of guanidine groups is 1. The molecule has 0 radical (unpaired) electrons. The third-order valence-electron chi connectivity index (χ3n) is 4.31. The van der Waals surface area contributed by atoms with Gasteiger partial charge in [0.1, 0.15) is 11.6 Å². The zero-order chi connectivity index (χ0) is 18.7. The van der Waals surface area contributed by atoms with Crippen LogP contribution in [0.2, 0.25) is 0 Å². The van der Waals surface area contributed by atoms with Crippen molar-refractivity contribution in [3.63, 3.8) is 0 Å². The number of nitrogens with one attached hydrogen (secondary N) is 2. The van der Waals surface area contributed by atoms with Gasteiger partial charge >= 0.3 is 0 Å². The summed E-state index contributed by atoms with van der Waals surface area (Å²) < 4.78 is 26.8. The second kappa shape index (κ2) is 14.1. The van der Waals surface area contributed by atoms with Crippen molar-refractivity contribution < 1.29 is 8.78 Å². The molecule has 0 aliphatic carbocycles. The molecule has 0 amide bonds. The number of rotatable bonds is 10. The monoisotopic (exact) mass is 482 g/mol. The molecule has 1 aromatic carbocycles. The fourth-order valence-electron chi connectivity index (χ4n) is 2.71. The van der Waals surface area contributed by atoms with Crippen LogP contribution >= 0.6 is 24.0 Å². The Kier molecular flexibility index (Phi) is 13.6. The number of nitrogens with zero attached hydrogens (tertiary/aromatic N) is 2. The van der Waals surface area contributed by atoms with E-state index in [1.807, 2.05) is 0 Å². The summed E-state index contributed by atoms with van der Waals surface area (Å²) in [6, 6.07) is 3.83. The van der Waals surface area contributed by atoms with Crippen LogP contribution in [0.5, 0.6) is 0 Å². The van der Waals surface area contributed by atoms with Crippen LogP contribution in [0.3, 0.4) is 0 Å². The highest BCUT2D eigenvalue weighted by Crippen LogP contribution is 2.09. The molecule has 0 bridgehead atoms. The number of benzene rings is 1. The summed E-state index contributed by atoms with van der Waals surface area (Å²) in [7, 11) is 1.71. The lowest BCUT2D eigenvalue weighted by Gasteiger charge is -2.21. The van der Waals surface area contributed by atoms with Crippen molar-refractivity contribution in [1.29, 1.82) is 0 Å². The van der Waals surface area contributed by atoms with Crippen LogP contribution in [0.1, 0.15) is 39.2 Å². The van der Waals surface area contributed by atoms with E-state index in [1.165, 1.54) is 6.07 Å². The van der Waals surface area contributed by atoms with Crippen LogP contribution in [0.4, 0.5) is 8.78 Å². The Hall–Kier alpha value is -0.960. The van der Waals surface area contributed by atoms with Crippen LogP contribution in [-0.4, -0.2) is 50.1 Å². The Morgan fingerprint density at radius 3 is 2.54 bits per heavy atom. The largest absolute Gasteiger partial charge is 0.356 e. The molecule has 0 aliphatic heterocycles. The first kappa shape index (κ1) is 25.0. The van der Waals surface area contributed by atoms with Crippen molar-refractivity contribution in [2.75, 3.05) is 33.2 Å². The van der Waals surface area contributed by atoms with Gasteiger partial charge in [-0.3, -0.25) is 4.99 Å². The molecule has 150 valence electrons. The van der Waals surface area contributed by atoms with E-state index >= 15 is 0 Å². The molecule has 0 aromatic heterocycles. The van der Waals surface area contributed by atoms with Crippen molar-refractivity contribution in [3.8, 4) is 0 Å². The number of aliphatic imine (C=N–C) groups is 1. The van der Waals surface area contributed by atoms with Crippen LogP contribution in [0, 0.1) is 11.6 Å². The van der Waals surface area contributed by atoms with Crippen molar-refractivity contribution in [2.24, 2.45) is 4.99 Å². The molecule has 0 spiro atoms. The van der Waals surface area contributed by atoms with Gasteiger partial charge in [0, 0.05) is 19.6 Å². The molecule has 1 aromatic rings. The van der Waals surface area contributed by atoms with E-state index in [-0.39, 0.29) is 29.8 Å². The molecule has 0 fully saturated rings. The first-order chi connectivity index (χ1) is 12.0. The first-order valence-corrected chi connectivity index (χ1v) is 9.13. The van der Waals surface area contributed by atoms with Gasteiger partial charge in [0.15, 0.2) is 5.96 Å². The van der Waals surface area contributed by atoms with Crippen LogP contribution < -0.4 is 10.6 Å². The third kappa shape index (κ3) is 9.66. The van der Waals surface area contributed by atoms with E-state index in [9.17, 15) is 8.78 Å². The Bertz CT molecular complexity index is 536. The molecule has 26 heavy (non-hydrogen) atoms. The summed E-state index contributed by atoms with van der Waals surface area (Å²) in [4.78, 5) is 6.60. The normalized spacial score (nSPS) is 12.7. The van der Waals surface area contributed by atoms with Gasteiger partial charge in [0.25, 0.3) is 0 Å². The highest BCUT2D eigenvalue weighted by Gasteiger charge is 2.08. The maximum atomic E-state index is 13.6. The Morgan fingerprint density at radius 2 is 1.92 bits per heavy atom. The minimum atomic E-state index is -0.416. The minimum Gasteiger partial charge on any atom is -0.356 e. The molecular weight excluding hydrogens is 449 g/mol. The van der Waals surface area contributed by atoms with Crippen molar-refractivity contribution in [3.05, 3.63) is 35.4 Å². The highest BCUT2D eigenvalue weighted by molar-refractivity contribution is 14.0. The van der Waals surface area contributed by atoms with E-state index in [1.54, 1.807) is 7.05 Å². The standard InChI is InChI=1S/C19H32F2N4.HI/c1-5-25(6-2)13-7-8-15(3)24-19(22-4)23-12-11-16-14-17(20)9-10-18(16)21;/h9-10,14-15H,5-8,11-13H2,1-4H3,(H2,22,23,24);1H. The maximum Gasteiger partial charge on any atom is 0.191 e. The molecule has 0 saturated carbocycles. The molecular formula is C19H33F2IN4. The SMILES string of the molecule is CCN(CC)CCCC(C)NC(=NC)NCCc1cc(F)ccc1F.I. The van der Waals surface area contributed by atoms with Gasteiger partial charge in [0.2, 0.25) is 0 Å². The zero-order valence-corrected chi connectivity index (χ0v) is 18.6. The molecule has 1 unspecified atom stereocenters. The topological polar surface area (TPSA) is 39.7 Å². The second-order valence-electron chi connectivity index (χ2n) is 6.20. The minimum absolute atomic E-state index is 0. The predicted molar refractivity (Wildman–Crippen MR) is 116 cm³/mol. The van der Waals surface area contributed by atoms with Crippen molar-refractivity contribution >= 4 is 29.9 Å². The van der Waals surface area contributed by atoms with E-state index in [2.05, 4.69) is 41.3 Å². The summed E-state index contributed by atoms with van der Waals surface area (Å²) in [5, 5.41) is 6.50. The lowest BCUT2D eigenvalue weighted by molar-refractivity contribution is 0.292. The fraction of sp³-hybridized carbons (Fsp3) is 0.632. The third-order valence-corrected chi connectivity index (χ3v) is 4.31. The molecule has 4 nitrogen and oxygen atoms in total. The number of halogens is 3. The fourth-order valence-corrected chi connectivity index (χ4v) is 2.71. The van der Waals surface area contributed by atoms with Gasteiger partial charge in [-0.05, 0) is 69.6 Å². The number of hydrogen-bond acceptors (Lipinski definition) is 2. The number of hydrogen-bond donors (Lipinski definition) is 2. The van der Waals surface area contributed by atoms with Gasteiger partial charge in [-0.25, -0.2) is 8.78 Å². The van der Waals surface area contributed by atoms with E-state index in [0.29, 0.717) is 30.5 Å². The molecule has 1 atom stereocenters. The van der Waals surface area contributed by atoms with Crippen molar-refractivity contribution in [1.82, 2.24) is 15.5 Å². The summed E-state index contributed by atoms with van der Waals surface area (Å²) in [6.07, 6.45) is 2.58. The van der Waals surface area contributed by atoms with Crippen molar-refractivity contribution in [2.45, 2.75) is 46.1 Å². The smallest absolute Gasteiger partial charge is 0.191 e. The van der Waals surface area contributed by atoms with E-state index < -0.39 is 5.82 Å². The summed E-state index contributed by atoms with van der Waals surface area (Å²) in [5.41, 5.74) is 0.371. The molecule has 1 rings (SSSR count). The van der Waals surface area contributed by atoms with Crippen LogP contribution in [0.25, 0.3) is 0 Å². The quantitative estimate of drug-likeness (QED) is 0.303. The van der Waals surface area contributed by atoms with Crippen LogP contribution in [0.15, 0.2) is 23.2 Å². The molecule has 0 saturated heterocycles. The van der Waals surface area contributed by atoms with E-state index in [0.717, 1.165) is 44.6 Å². The van der Waals surface area contributed by atoms with Gasteiger partial charge < -0.3 is 15.5 Å². The van der Waals surface area contributed by atoms with Gasteiger partial charge in [-0.1, -0.05) is 13.8 Å². The Balaban J connectivity index is 0.00000625. The molecule has 7 heteroatoms. The molecule has 0 aliphatic rings. The average molecular weight is 482 g/mol. The van der Waals surface area contributed by atoms with Gasteiger partial charge in [0.05, 0.1) is 0 Å². The van der Waals surface area contributed by atoms with E-state index in [4.69, 9.17) is 0 Å². The maximum absolute atomic E-state index is 13.6. The summed E-state index contributed by atoms with van der Waals surface area (Å²) >= 11 is 0. The zero-order valence-electron chi connectivity index (χ0n) is 16.3. The lowest BCUT2D eigenvalue weighted by Crippen LogP contribution is -2.43. The lowest BCUT2D eigenvalue weighted by atomic mass is 10.1. The second-order valence-corrected chi connectivity index (χ2v) is 6.20. The molecule has 2 N–H and O–H groups in total.